The van der Waals surface area contributed by atoms with Gasteiger partial charge in [0.05, 0.1) is 49.7 Å². The second-order valence-electron chi connectivity index (χ2n) is 23.4. The second-order valence-corrected chi connectivity index (χ2v) is 23.4. The predicted octanol–water partition coefficient (Wildman–Crippen LogP) is -2.46. The van der Waals surface area contributed by atoms with Crippen molar-refractivity contribution in [2.45, 2.75) is 227 Å². The summed E-state index contributed by atoms with van der Waals surface area (Å²) in [5.74, 6) is -0.603. The first-order valence-electron chi connectivity index (χ1n) is 26.3. The van der Waals surface area contributed by atoms with Crippen molar-refractivity contribution in [1.29, 1.82) is 0 Å². The summed E-state index contributed by atoms with van der Waals surface area (Å²) in [4.78, 5) is 14.1. The van der Waals surface area contributed by atoms with Crippen LogP contribution >= 0.6 is 0 Å². The summed E-state index contributed by atoms with van der Waals surface area (Å²) >= 11 is 0. The van der Waals surface area contributed by atoms with E-state index in [0.717, 1.165) is 24.8 Å². The maximum Gasteiger partial charge on any atom is 0.187 e. The number of hydrogen-bond acceptors (Lipinski definition) is 22. The van der Waals surface area contributed by atoms with Gasteiger partial charge in [-0.2, -0.15) is 0 Å². The molecule has 0 amide bonds. The normalized spacial score (nSPS) is 53.5. The van der Waals surface area contributed by atoms with Crippen molar-refractivity contribution < 1.29 is 109 Å². The highest BCUT2D eigenvalue weighted by Gasteiger charge is 2.69. The first-order valence-corrected chi connectivity index (χ1v) is 26.3. The van der Waals surface area contributed by atoms with E-state index in [-0.39, 0.29) is 41.5 Å². The van der Waals surface area contributed by atoms with E-state index in [1.165, 1.54) is 19.4 Å². The third kappa shape index (κ3) is 9.55. The van der Waals surface area contributed by atoms with Crippen LogP contribution in [0.15, 0.2) is 22.8 Å². The van der Waals surface area contributed by atoms with E-state index >= 15 is 0 Å². The first kappa shape index (κ1) is 56.0. The standard InChI is InChI=1S/C51H80O22/c1-19(18-66-45-38(61)37(60)34(57)29(16-52)70-45)13-27-31(54)20(2)44-50(6)12-10-26-25(28(50)15-51(27,44)65)8-7-23-14-24(9-11-49(23,26)5)69-48-43(73-47-40(63)36(59)33(56)22(4)68-47)41(64)42(30(17-53)71-48)72-46-39(62)35(58)32(55)21(3)67-46/h7,19,21-22,24-30,32-43,45-48,52-53,55-65H,8-18H2,1-6H3/t19-,21+,22+,24+,25-,26+,27+,28+,29-,30-,32+,33+,34-,35-,36-,37+,38-,39-,40-,41+,42-,43-,45-,46+,47+,48-,49+,50+,51+/m1/s1. The quantitative estimate of drug-likeness (QED) is 0.0851. The summed E-state index contributed by atoms with van der Waals surface area (Å²) in [6.45, 7) is 9.82. The number of ketones is 1. The molecule has 0 spiro atoms. The van der Waals surface area contributed by atoms with Crippen LogP contribution in [0.25, 0.3) is 0 Å². The van der Waals surface area contributed by atoms with E-state index in [1.807, 2.05) is 13.8 Å². The highest BCUT2D eigenvalue weighted by molar-refractivity contribution is 6.02. The molecule has 0 unspecified atom stereocenters. The van der Waals surface area contributed by atoms with Gasteiger partial charge in [0.2, 0.25) is 0 Å². The number of carbonyl (C=O) groups is 1. The van der Waals surface area contributed by atoms with E-state index in [9.17, 15) is 71.2 Å². The molecule has 0 aromatic rings. The Labute approximate surface area is 424 Å². The van der Waals surface area contributed by atoms with Gasteiger partial charge in [-0.3, -0.25) is 4.79 Å². The Morgan fingerprint density at radius 1 is 0.658 bits per heavy atom. The highest BCUT2D eigenvalue weighted by atomic mass is 16.8. The Balaban J connectivity index is 0.897. The number of allylic oxidation sites excluding steroid dienone is 2. The maximum atomic E-state index is 14.1. The van der Waals surface area contributed by atoms with Gasteiger partial charge in [-0.1, -0.05) is 32.4 Å². The van der Waals surface area contributed by atoms with Crippen LogP contribution in [0.4, 0.5) is 0 Å². The number of hydrogen-bond donors (Lipinski definition) is 13. The molecule has 0 aromatic heterocycles. The molecule has 3 saturated carbocycles. The van der Waals surface area contributed by atoms with Crippen molar-refractivity contribution in [3.05, 3.63) is 22.8 Å². The zero-order chi connectivity index (χ0) is 53.0. The summed E-state index contributed by atoms with van der Waals surface area (Å²) in [7, 11) is 0. The summed E-state index contributed by atoms with van der Waals surface area (Å²) in [6.07, 6.45) is -23.0. The molecule has 0 radical (unpaired) electrons. The van der Waals surface area contributed by atoms with E-state index in [1.54, 1.807) is 0 Å². The van der Waals surface area contributed by atoms with Crippen LogP contribution in [-0.2, 0) is 42.7 Å². The molecular formula is C51H80O22. The van der Waals surface area contributed by atoms with E-state index in [0.29, 0.717) is 37.7 Å². The number of fused-ring (bicyclic) bond motifs is 7. The van der Waals surface area contributed by atoms with E-state index in [2.05, 4.69) is 19.9 Å². The Bertz CT molecular complexity index is 2040. The molecule has 73 heavy (non-hydrogen) atoms. The number of aliphatic hydroxyl groups excluding tert-OH is 12. The number of ether oxygens (including phenoxy) is 8. The van der Waals surface area contributed by atoms with Crippen molar-refractivity contribution in [2.24, 2.45) is 40.4 Å². The minimum absolute atomic E-state index is 0.0159. The summed E-state index contributed by atoms with van der Waals surface area (Å²) < 4.78 is 47.9. The second kappa shape index (κ2) is 21.2. The fraction of sp³-hybridized carbons (Fsp3) is 0.902. The average Bonchev–Trinajstić information content (AvgIpc) is 3.72. The van der Waals surface area contributed by atoms with Gasteiger partial charge < -0.3 is 104 Å². The molecule has 0 bridgehead atoms. The smallest absolute Gasteiger partial charge is 0.187 e. The van der Waals surface area contributed by atoms with Gasteiger partial charge in [0.1, 0.15) is 85.5 Å². The summed E-state index contributed by atoms with van der Waals surface area (Å²) in [6, 6.07) is 0. The molecule has 22 heteroatoms. The molecular weight excluding hydrogens is 965 g/mol. The predicted molar refractivity (Wildman–Crippen MR) is 248 cm³/mol. The largest absolute Gasteiger partial charge is 0.394 e. The minimum atomic E-state index is -1.77. The highest BCUT2D eigenvalue weighted by Crippen LogP contribution is 2.71. The van der Waals surface area contributed by atoms with Crippen LogP contribution in [0.5, 0.6) is 0 Å². The minimum Gasteiger partial charge on any atom is -0.394 e. The van der Waals surface area contributed by atoms with Crippen molar-refractivity contribution in [3.63, 3.8) is 0 Å². The lowest BCUT2D eigenvalue weighted by Gasteiger charge is -2.57. The molecule has 4 heterocycles. The Kier molecular flexibility index (Phi) is 16.3. The van der Waals surface area contributed by atoms with Crippen LogP contribution in [0.1, 0.15) is 92.9 Å². The van der Waals surface area contributed by atoms with Gasteiger partial charge in [-0.05, 0) is 118 Å². The van der Waals surface area contributed by atoms with Gasteiger partial charge in [0, 0.05) is 0 Å². The monoisotopic (exact) mass is 1040 g/mol. The van der Waals surface area contributed by atoms with Gasteiger partial charge in [-0.25, -0.2) is 0 Å². The Morgan fingerprint density at radius 2 is 1.22 bits per heavy atom. The molecule has 29 atom stereocenters. The lowest BCUT2D eigenvalue weighted by atomic mass is 9.47. The van der Waals surface area contributed by atoms with Crippen molar-refractivity contribution in [3.8, 4) is 0 Å². The molecule has 416 valence electrons. The number of Topliss-reactive ketones (excluding diaryl/α,β-unsaturated/α-hetero) is 1. The summed E-state index contributed by atoms with van der Waals surface area (Å²) in [5, 5.41) is 140. The third-order valence-corrected chi connectivity index (χ3v) is 19.0. The summed E-state index contributed by atoms with van der Waals surface area (Å²) in [5.41, 5.74) is 0.571. The molecule has 4 aliphatic heterocycles. The fourth-order valence-corrected chi connectivity index (χ4v) is 14.8. The van der Waals surface area contributed by atoms with Crippen LogP contribution in [0, 0.1) is 40.4 Å². The fourth-order valence-electron chi connectivity index (χ4n) is 14.8. The van der Waals surface area contributed by atoms with Crippen molar-refractivity contribution >= 4 is 5.78 Å². The number of rotatable bonds is 13. The average molecular weight is 1050 g/mol. The molecule has 4 saturated heterocycles. The van der Waals surface area contributed by atoms with Crippen LogP contribution in [0.3, 0.4) is 0 Å². The molecule has 5 aliphatic carbocycles. The van der Waals surface area contributed by atoms with E-state index < -0.39 is 159 Å². The number of aliphatic hydroxyl groups is 13. The first-order chi connectivity index (χ1) is 34.4. The van der Waals surface area contributed by atoms with Gasteiger partial charge in [-0.15, -0.1) is 0 Å². The van der Waals surface area contributed by atoms with Crippen molar-refractivity contribution in [1.82, 2.24) is 0 Å². The van der Waals surface area contributed by atoms with Crippen molar-refractivity contribution in [2.75, 3.05) is 19.8 Å². The Hall–Kier alpha value is -1.69. The molecule has 0 aromatic carbocycles. The SMILES string of the molecule is CC1=C2[C@](O)(C[C@H]3[C@@H]4CC=C5C[C@@H](O[C@@H]6O[C@H](CO)[C@@H](O[C@@H]7O[C@@H](C)[C@H](O)[C@@H](O)[C@H]7O)[C@H](O)[C@H]6O[C@@H]6O[C@@H](C)[C@H](O)[C@@H](O)[C@H]6O)CC[C@]5(C)[C@H]4CC[C@]23C)[C@@H](C[C@@H](C)CO[C@@H]2O[C@H](CO)[C@@H](O)[C@H](O)[C@H]2O)C1=O. The molecule has 22 nitrogen and oxygen atoms in total. The third-order valence-electron chi connectivity index (χ3n) is 19.0. The molecule has 13 N–H and O–H groups in total. The van der Waals surface area contributed by atoms with Gasteiger partial charge in [0.25, 0.3) is 0 Å². The molecule has 9 aliphatic rings. The lowest BCUT2D eigenvalue weighted by molar-refractivity contribution is -0.388. The number of carbonyl (C=O) groups excluding carboxylic acids is 1. The van der Waals surface area contributed by atoms with Crippen LogP contribution in [0.2, 0.25) is 0 Å². The van der Waals surface area contributed by atoms with E-state index in [4.69, 9.17) is 37.9 Å². The molecule has 9 rings (SSSR count). The zero-order valence-corrected chi connectivity index (χ0v) is 42.4. The van der Waals surface area contributed by atoms with Gasteiger partial charge in [0.15, 0.2) is 30.9 Å². The maximum absolute atomic E-state index is 14.1. The van der Waals surface area contributed by atoms with Crippen LogP contribution < -0.4 is 0 Å². The van der Waals surface area contributed by atoms with Crippen LogP contribution in [-0.4, -0.2) is 227 Å². The Morgan fingerprint density at radius 3 is 1.84 bits per heavy atom. The lowest BCUT2D eigenvalue weighted by Crippen LogP contribution is -2.66. The molecule has 7 fully saturated rings. The van der Waals surface area contributed by atoms with Gasteiger partial charge >= 0.3 is 0 Å². The zero-order valence-electron chi connectivity index (χ0n) is 42.4. The topological polar surface area (TPSA) is 354 Å².